The van der Waals surface area contributed by atoms with Crippen molar-refractivity contribution in [2.24, 2.45) is 5.92 Å². The fourth-order valence-electron chi connectivity index (χ4n) is 4.92. The lowest BCUT2D eigenvalue weighted by molar-refractivity contribution is -0.127. The van der Waals surface area contributed by atoms with Crippen LogP contribution in [0, 0.1) is 5.92 Å². The molecule has 8 nitrogen and oxygen atoms in total. The summed E-state index contributed by atoms with van der Waals surface area (Å²) in [6.45, 7) is 2.53. The molecule has 5 rings (SSSR count). The first-order valence-electron chi connectivity index (χ1n) is 12.7. The summed E-state index contributed by atoms with van der Waals surface area (Å²) in [7, 11) is 0. The summed E-state index contributed by atoms with van der Waals surface area (Å²) in [4.78, 5) is 34.1. The van der Waals surface area contributed by atoms with E-state index in [0.29, 0.717) is 23.4 Å². The second-order valence-corrected chi connectivity index (χ2v) is 9.77. The van der Waals surface area contributed by atoms with Crippen LogP contribution in [0.15, 0.2) is 73.3 Å². The first kappa shape index (κ1) is 24.8. The molecule has 1 aliphatic carbocycles. The number of piperidine rings is 1. The van der Waals surface area contributed by atoms with E-state index in [-0.39, 0.29) is 5.91 Å². The third-order valence-corrected chi connectivity index (χ3v) is 7.31. The Morgan fingerprint density at radius 1 is 0.973 bits per heavy atom. The second-order valence-electron chi connectivity index (χ2n) is 9.77. The van der Waals surface area contributed by atoms with Crippen LogP contribution in [0.2, 0.25) is 0 Å². The molecule has 0 radical (unpaired) electrons. The van der Waals surface area contributed by atoms with E-state index in [1.54, 1.807) is 48.2 Å². The van der Waals surface area contributed by atoms with Gasteiger partial charge in [-0.2, -0.15) is 0 Å². The number of benzene rings is 2. The Morgan fingerprint density at radius 3 is 2.35 bits per heavy atom. The standard InChI is InChI=1S/C29H31N5O3/c35-28(10-3-20-1-4-24(5-2-20)29(36)33-37)34-13-11-21(12-14-34)16-32-27-15-26(27)23-8-6-22(7-9-23)25-17-30-19-31-18-25/h1-10,17-19,21,26-27,32,37H,11-16H2,(H,33,36). The molecule has 0 spiro atoms. The molecule has 2 atom stereocenters. The molecule has 2 unspecified atom stereocenters. The van der Waals surface area contributed by atoms with Crippen molar-refractivity contribution >= 4 is 17.9 Å². The summed E-state index contributed by atoms with van der Waals surface area (Å²) < 4.78 is 0. The molecule has 2 heterocycles. The van der Waals surface area contributed by atoms with E-state index in [1.807, 2.05) is 17.3 Å². The molecule has 1 aromatic heterocycles. The van der Waals surface area contributed by atoms with Crippen molar-refractivity contribution in [3.8, 4) is 11.1 Å². The quantitative estimate of drug-likeness (QED) is 0.249. The predicted octanol–water partition coefficient (Wildman–Crippen LogP) is 3.66. The Balaban J connectivity index is 1.03. The maximum Gasteiger partial charge on any atom is 0.274 e. The molecule has 2 amide bonds. The van der Waals surface area contributed by atoms with Gasteiger partial charge in [-0.05, 0) is 66.6 Å². The van der Waals surface area contributed by atoms with Crippen LogP contribution < -0.4 is 10.8 Å². The molecule has 0 bridgehead atoms. The number of hydrogen-bond acceptors (Lipinski definition) is 6. The predicted molar refractivity (Wildman–Crippen MR) is 141 cm³/mol. The van der Waals surface area contributed by atoms with Gasteiger partial charge in [0.05, 0.1) is 0 Å². The minimum Gasteiger partial charge on any atom is -0.339 e. The highest BCUT2D eigenvalue weighted by atomic mass is 16.5. The van der Waals surface area contributed by atoms with Crippen molar-refractivity contribution in [3.63, 3.8) is 0 Å². The van der Waals surface area contributed by atoms with Gasteiger partial charge >= 0.3 is 0 Å². The Morgan fingerprint density at radius 2 is 1.68 bits per heavy atom. The highest BCUT2D eigenvalue weighted by Crippen LogP contribution is 2.41. The fraction of sp³-hybridized carbons (Fsp3) is 0.310. The molecule has 190 valence electrons. The normalized spacial score (nSPS) is 19.6. The second kappa shape index (κ2) is 11.5. The number of amides is 2. The number of hydroxylamine groups is 1. The average Bonchev–Trinajstić information content (AvgIpc) is 3.75. The number of hydrogen-bond donors (Lipinski definition) is 3. The maximum absolute atomic E-state index is 12.6. The molecule has 2 aromatic carbocycles. The van der Waals surface area contributed by atoms with Crippen LogP contribution in [0.25, 0.3) is 17.2 Å². The Hall–Kier alpha value is -3.88. The fourth-order valence-corrected chi connectivity index (χ4v) is 4.92. The molecule has 2 aliphatic rings. The molecule has 2 fully saturated rings. The summed E-state index contributed by atoms with van der Waals surface area (Å²) in [5.41, 5.74) is 6.33. The lowest BCUT2D eigenvalue weighted by Crippen LogP contribution is -2.40. The Bertz CT molecular complexity index is 1240. The van der Waals surface area contributed by atoms with Crippen LogP contribution in [0.5, 0.6) is 0 Å². The molecule has 37 heavy (non-hydrogen) atoms. The summed E-state index contributed by atoms with van der Waals surface area (Å²) in [6.07, 6.45) is 11.7. The van der Waals surface area contributed by atoms with Crippen molar-refractivity contribution in [2.45, 2.75) is 31.2 Å². The zero-order valence-corrected chi connectivity index (χ0v) is 20.6. The van der Waals surface area contributed by atoms with Gasteiger partial charge in [0.25, 0.3) is 5.91 Å². The first-order valence-corrected chi connectivity index (χ1v) is 12.7. The molecule has 1 saturated carbocycles. The summed E-state index contributed by atoms with van der Waals surface area (Å²) in [5.74, 6) is 0.603. The smallest absolute Gasteiger partial charge is 0.274 e. The minimum atomic E-state index is -0.561. The molecular formula is C29H31N5O3. The average molecular weight is 498 g/mol. The van der Waals surface area contributed by atoms with Crippen LogP contribution in [0.3, 0.4) is 0 Å². The lowest BCUT2D eigenvalue weighted by atomic mass is 9.96. The molecule has 1 saturated heterocycles. The van der Waals surface area contributed by atoms with Gasteiger partial charge in [-0.1, -0.05) is 36.4 Å². The van der Waals surface area contributed by atoms with Gasteiger partial charge in [0.2, 0.25) is 5.91 Å². The molecular weight excluding hydrogens is 466 g/mol. The zero-order valence-electron chi connectivity index (χ0n) is 20.6. The molecule has 1 aliphatic heterocycles. The van der Waals surface area contributed by atoms with Gasteiger partial charge in [-0.25, -0.2) is 15.4 Å². The number of nitrogens with zero attached hydrogens (tertiary/aromatic N) is 3. The monoisotopic (exact) mass is 497 g/mol. The van der Waals surface area contributed by atoms with Crippen molar-refractivity contribution in [2.75, 3.05) is 19.6 Å². The Kier molecular flexibility index (Phi) is 7.67. The maximum atomic E-state index is 12.6. The van der Waals surface area contributed by atoms with Crippen LogP contribution in [-0.2, 0) is 4.79 Å². The number of aromatic nitrogens is 2. The molecule has 3 N–H and O–H groups in total. The molecule has 8 heteroatoms. The number of nitrogens with one attached hydrogen (secondary N) is 2. The van der Waals surface area contributed by atoms with E-state index in [4.69, 9.17) is 5.21 Å². The number of likely N-dealkylation sites (tertiary alicyclic amines) is 1. The van der Waals surface area contributed by atoms with Gasteiger partial charge in [-0.3, -0.25) is 14.8 Å². The minimum absolute atomic E-state index is 0.0105. The van der Waals surface area contributed by atoms with Crippen molar-refractivity contribution in [3.05, 3.63) is 90.0 Å². The van der Waals surface area contributed by atoms with E-state index >= 15 is 0 Å². The van der Waals surface area contributed by atoms with Crippen molar-refractivity contribution in [1.29, 1.82) is 0 Å². The summed E-state index contributed by atoms with van der Waals surface area (Å²) in [5, 5.41) is 12.4. The number of carbonyl (C=O) groups is 2. The lowest BCUT2D eigenvalue weighted by Gasteiger charge is -2.31. The number of rotatable bonds is 8. The van der Waals surface area contributed by atoms with E-state index in [2.05, 4.69) is 39.6 Å². The van der Waals surface area contributed by atoms with Crippen LogP contribution in [0.1, 0.15) is 46.7 Å². The van der Waals surface area contributed by atoms with Gasteiger partial charge in [0.15, 0.2) is 0 Å². The van der Waals surface area contributed by atoms with E-state index in [9.17, 15) is 9.59 Å². The van der Waals surface area contributed by atoms with Crippen LogP contribution in [0.4, 0.5) is 0 Å². The van der Waals surface area contributed by atoms with E-state index in [0.717, 1.165) is 49.2 Å². The third kappa shape index (κ3) is 6.28. The largest absolute Gasteiger partial charge is 0.339 e. The van der Waals surface area contributed by atoms with Gasteiger partial charge in [0.1, 0.15) is 6.33 Å². The zero-order chi connectivity index (χ0) is 25.6. The van der Waals surface area contributed by atoms with Gasteiger partial charge in [-0.15, -0.1) is 0 Å². The highest BCUT2D eigenvalue weighted by Gasteiger charge is 2.38. The van der Waals surface area contributed by atoms with Crippen molar-refractivity contribution < 1.29 is 14.8 Å². The van der Waals surface area contributed by atoms with Gasteiger partial charge in [0, 0.05) is 54.6 Å². The van der Waals surface area contributed by atoms with E-state index < -0.39 is 5.91 Å². The summed E-state index contributed by atoms with van der Waals surface area (Å²) >= 11 is 0. The van der Waals surface area contributed by atoms with Gasteiger partial charge < -0.3 is 10.2 Å². The van der Waals surface area contributed by atoms with E-state index in [1.165, 1.54) is 12.0 Å². The van der Waals surface area contributed by atoms with Crippen molar-refractivity contribution in [1.82, 2.24) is 25.7 Å². The van der Waals surface area contributed by atoms with Crippen LogP contribution in [-0.4, -0.2) is 57.6 Å². The topological polar surface area (TPSA) is 107 Å². The highest BCUT2D eigenvalue weighted by molar-refractivity contribution is 5.94. The Labute approximate surface area is 216 Å². The third-order valence-electron chi connectivity index (χ3n) is 7.31. The number of carbonyl (C=O) groups excluding carboxylic acids is 2. The summed E-state index contributed by atoms with van der Waals surface area (Å²) in [6, 6.07) is 15.9. The van der Waals surface area contributed by atoms with Crippen LogP contribution >= 0.6 is 0 Å². The first-order chi connectivity index (χ1) is 18.1. The molecule has 3 aromatic rings. The SMILES string of the molecule is O=C(NO)c1ccc(C=CC(=O)N2CCC(CNC3CC3c3ccc(-c4cncnc4)cc3)CC2)cc1.